The second kappa shape index (κ2) is 3.56. The Bertz CT molecular complexity index is 476. The van der Waals surface area contributed by atoms with E-state index in [2.05, 4.69) is 10.1 Å². The highest BCUT2D eigenvalue weighted by Gasteiger charge is 2.13. The fourth-order valence-corrected chi connectivity index (χ4v) is 1.42. The van der Waals surface area contributed by atoms with Gasteiger partial charge in [-0.15, -0.1) is 0 Å². The van der Waals surface area contributed by atoms with Gasteiger partial charge in [-0.25, -0.2) is 18.3 Å². The molecular formula is C10H11F2N3. The number of fused-ring (bicyclic) bond motifs is 1. The van der Waals surface area contributed by atoms with Gasteiger partial charge >= 0.3 is 0 Å². The van der Waals surface area contributed by atoms with Crippen LogP contribution in [-0.4, -0.2) is 14.6 Å². The minimum atomic E-state index is -2.54. The molecule has 0 aromatic carbocycles. The zero-order valence-corrected chi connectivity index (χ0v) is 8.48. The highest BCUT2D eigenvalue weighted by Crippen LogP contribution is 2.19. The van der Waals surface area contributed by atoms with Crippen molar-refractivity contribution in [3.05, 3.63) is 29.7 Å². The standard InChI is InChI=1S/C10H11F2N3/c1-6(2)8-5-13-9-4-3-7(10(11)12)14-15(8)9/h3-6,10H,1-2H3. The molecular weight excluding hydrogens is 200 g/mol. The van der Waals surface area contributed by atoms with Crippen molar-refractivity contribution >= 4 is 5.65 Å². The van der Waals surface area contributed by atoms with Crippen molar-refractivity contribution in [2.75, 3.05) is 0 Å². The quantitative estimate of drug-likeness (QED) is 0.764. The van der Waals surface area contributed by atoms with Crippen LogP contribution in [0.3, 0.4) is 0 Å². The number of nitrogens with zero attached hydrogens (tertiary/aromatic N) is 3. The summed E-state index contributed by atoms with van der Waals surface area (Å²) in [5.41, 5.74) is 1.22. The molecule has 0 N–H and O–H groups in total. The van der Waals surface area contributed by atoms with Crippen LogP contribution in [0.2, 0.25) is 0 Å². The van der Waals surface area contributed by atoms with Gasteiger partial charge in [0.25, 0.3) is 6.43 Å². The second-order valence-corrected chi connectivity index (χ2v) is 3.67. The van der Waals surface area contributed by atoms with Gasteiger partial charge in [0.1, 0.15) is 5.69 Å². The van der Waals surface area contributed by atoms with Crippen LogP contribution < -0.4 is 0 Å². The molecule has 0 aliphatic heterocycles. The van der Waals surface area contributed by atoms with Crippen molar-refractivity contribution in [1.29, 1.82) is 0 Å². The summed E-state index contributed by atoms with van der Waals surface area (Å²) in [5, 5.41) is 3.86. The molecule has 0 unspecified atom stereocenters. The van der Waals surface area contributed by atoms with Gasteiger partial charge in [0.05, 0.1) is 11.9 Å². The molecule has 2 aromatic rings. The molecule has 0 saturated heterocycles. The third-order valence-corrected chi connectivity index (χ3v) is 2.22. The first-order valence-electron chi connectivity index (χ1n) is 4.72. The summed E-state index contributed by atoms with van der Waals surface area (Å²) in [7, 11) is 0. The van der Waals surface area contributed by atoms with Gasteiger partial charge in [0.2, 0.25) is 0 Å². The Morgan fingerprint density at radius 1 is 1.27 bits per heavy atom. The minimum Gasteiger partial charge on any atom is -0.235 e. The van der Waals surface area contributed by atoms with E-state index in [0.717, 1.165) is 5.69 Å². The second-order valence-electron chi connectivity index (χ2n) is 3.67. The Kier molecular flexibility index (Phi) is 2.38. The Morgan fingerprint density at radius 3 is 2.60 bits per heavy atom. The maximum absolute atomic E-state index is 12.4. The highest BCUT2D eigenvalue weighted by molar-refractivity contribution is 5.39. The van der Waals surface area contributed by atoms with Crippen molar-refractivity contribution in [3.63, 3.8) is 0 Å². The van der Waals surface area contributed by atoms with Crippen molar-refractivity contribution in [2.24, 2.45) is 0 Å². The Labute approximate surface area is 85.7 Å². The number of halogens is 2. The molecule has 80 valence electrons. The Hall–Kier alpha value is -1.52. The van der Waals surface area contributed by atoms with E-state index in [1.165, 1.54) is 10.6 Å². The van der Waals surface area contributed by atoms with Crippen molar-refractivity contribution in [2.45, 2.75) is 26.2 Å². The predicted molar refractivity (Wildman–Crippen MR) is 52.0 cm³/mol. The van der Waals surface area contributed by atoms with Crippen LogP contribution >= 0.6 is 0 Å². The van der Waals surface area contributed by atoms with Crippen LogP contribution in [0.4, 0.5) is 8.78 Å². The lowest BCUT2D eigenvalue weighted by Gasteiger charge is -2.05. The third-order valence-electron chi connectivity index (χ3n) is 2.22. The first-order chi connectivity index (χ1) is 7.09. The van der Waals surface area contributed by atoms with E-state index in [-0.39, 0.29) is 11.6 Å². The van der Waals surface area contributed by atoms with Gasteiger partial charge in [-0.05, 0) is 18.1 Å². The zero-order chi connectivity index (χ0) is 11.0. The minimum absolute atomic E-state index is 0.209. The lowest BCUT2D eigenvalue weighted by molar-refractivity contribution is 0.144. The summed E-state index contributed by atoms with van der Waals surface area (Å²) in [4.78, 5) is 4.10. The van der Waals surface area contributed by atoms with Crippen molar-refractivity contribution in [1.82, 2.24) is 14.6 Å². The lowest BCUT2D eigenvalue weighted by atomic mass is 10.2. The topological polar surface area (TPSA) is 30.2 Å². The number of aromatic nitrogens is 3. The van der Waals surface area contributed by atoms with Crippen LogP contribution in [0.5, 0.6) is 0 Å². The van der Waals surface area contributed by atoms with E-state index in [9.17, 15) is 8.78 Å². The molecule has 0 radical (unpaired) electrons. The van der Waals surface area contributed by atoms with Crippen LogP contribution in [0, 0.1) is 0 Å². The SMILES string of the molecule is CC(C)c1cnc2ccc(C(F)F)nn12. The fraction of sp³-hybridized carbons (Fsp3) is 0.400. The molecule has 3 nitrogen and oxygen atoms in total. The number of alkyl halides is 2. The summed E-state index contributed by atoms with van der Waals surface area (Å²) in [6.45, 7) is 3.94. The van der Waals surface area contributed by atoms with E-state index in [0.29, 0.717) is 5.65 Å². The van der Waals surface area contributed by atoms with Crippen LogP contribution in [0.1, 0.15) is 37.6 Å². The molecule has 2 heterocycles. The van der Waals surface area contributed by atoms with E-state index in [1.54, 1.807) is 12.3 Å². The molecule has 0 spiro atoms. The average molecular weight is 211 g/mol. The van der Waals surface area contributed by atoms with E-state index >= 15 is 0 Å². The van der Waals surface area contributed by atoms with Gasteiger partial charge in [-0.2, -0.15) is 5.10 Å². The van der Waals surface area contributed by atoms with Crippen molar-refractivity contribution in [3.8, 4) is 0 Å². The number of rotatable bonds is 2. The molecule has 0 saturated carbocycles. The van der Waals surface area contributed by atoms with Crippen molar-refractivity contribution < 1.29 is 8.78 Å². The molecule has 2 aromatic heterocycles. The summed E-state index contributed by atoms with van der Waals surface area (Å²) >= 11 is 0. The summed E-state index contributed by atoms with van der Waals surface area (Å²) < 4.78 is 26.4. The van der Waals surface area contributed by atoms with E-state index < -0.39 is 6.43 Å². The van der Waals surface area contributed by atoms with Gasteiger partial charge in [0.15, 0.2) is 5.65 Å². The van der Waals surface area contributed by atoms with E-state index in [1.807, 2.05) is 13.8 Å². The lowest BCUT2D eigenvalue weighted by Crippen LogP contribution is -2.02. The largest absolute Gasteiger partial charge is 0.282 e. The number of imidazole rings is 1. The van der Waals surface area contributed by atoms with Gasteiger partial charge in [0, 0.05) is 0 Å². The number of hydrogen-bond acceptors (Lipinski definition) is 2. The third kappa shape index (κ3) is 1.69. The fourth-order valence-electron chi connectivity index (χ4n) is 1.42. The maximum Gasteiger partial charge on any atom is 0.282 e. The maximum atomic E-state index is 12.4. The first kappa shape index (κ1) is 10.0. The number of hydrogen-bond donors (Lipinski definition) is 0. The molecule has 0 aliphatic carbocycles. The monoisotopic (exact) mass is 211 g/mol. The summed E-state index contributed by atoms with van der Waals surface area (Å²) in [5.74, 6) is 0.209. The highest BCUT2D eigenvalue weighted by atomic mass is 19.3. The van der Waals surface area contributed by atoms with Gasteiger partial charge in [-0.1, -0.05) is 13.8 Å². The van der Waals surface area contributed by atoms with Crippen LogP contribution in [0.25, 0.3) is 5.65 Å². The normalized spacial score (nSPS) is 11.9. The Morgan fingerprint density at radius 2 is 2.00 bits per heavy atom. The summed E-state index contributed by atoms with van der Waals surface area (Å²) in [6, 6.07) is 2.86. The Balaban J connectivity index is 2.61. The molecule has 0 aliphatic rings. The van der Waals surface area contributed by atoms with Crippen LogP contribution in [-0.2, 0) is 0 Å². The molecule has 15 heavy (non-hydrogen) atoms. The molecule has 0 atom stereocenters. The predicted octanol–water partition coefficient (Wildman–Crippen LogP) is 2.79. The van der Waals surface area contributed by atoms with Crippen LogP contribution in [0.15, 0.2) is 18.3 Å². The summed E-state index contributed by atoms with van der Waals surface area (Å²) in [6.07, 6.45) is -0.876. The average Bonchev–Trinajstić information content (AvgIpc) is 2.59. The molecule has 2 rings (SSSR count). The van der Waals surface area contributed by atoms with Gasteiger partial charge < -0.3 is 0 Å². The zero-order valence-electron chi connectivity index (χ0n) is 8.48. The molecule has 0 fully saturated rings. The first-order valence-corrected chi connectivity index (χ1v) is 4.72. The molecule has 0 bridgehead atoms. The molecule has 0 amide bonds. The van der Waals surface area contributed by atoms with Gasteiger partial charge in [-0.3, -0.25) is 0 Å². The molecule has 5 heteroatoms. The van der Waals surface area contributed by atoms with E-state index in [4.69, 9.17) is 0 Å². The smallest absolute Gasteiger partial charge is 0.235 e.